The molecule has 3 aromatic rings. The van der Waals surface area contributed by atoms with Crippen molar-refractivity contribution in [3.05, 3.63) is 77.8 Å². The standard InChI is InChI=1S/C23H21N3O5/c1-29-17-5-3-16(4-6-17)13-21-23(28)19-8-7-18(14-20(19)31-21)30-15-22(27)24-10-12-26-11-2-9-25-26/h2-9,11,13-14H,10,12,15H2,1H3,(H,24,27)/b21-13-. The fourth-order valence-corrected chi connectivity index (χ4v) is 3.05. The maximum Gasteiger partial charge on any atom is 0.258 e. The molecule has 0 bridgehead atoms. The summed E-state index contributed by atoms with van der Waals surface area (Å²) in [5.74, 6) is 1.37. The minimum atomic E-state index is -0.246. The van der Waals surface area contributed by atoms with E-state index in [1.54, 1.807) is 42.3 Å². The highest BCUT2D eigenvalue weighted by Gasteiger charge is 2.27. The summed E-state index contributed by atoms with van der Waals surface area (Å²) in [5.41, 5.74) is 1.27. The van der Waals surface area contributed by atoms with Crippen molar-refractivity contribution >= 4 is 17.8 Å². The van der Waals surface area contributed by atoms with Crippen LogP contribution in [0.5, 0.6) is 17.2 Å². The van der Waals surface area contributed by atoms with Crippen LogP contribution in [-0.4, -0.2) is 41.7 Å². The van der Waals surface area contributed by atoms with Crippen molar-refractivity contribution in [3.63, 3.8) is 0 Å². The quantitative estimate of drug-likeness (QED) is 0.565. The number of amides is 1. The van der Waals surface area contributed by atoms with Gasteiger partial charge in [-0.05, 0) is 42.0 Å². The number of ketones is 1. The molecule has 0 atom stereocenters. The van der Waals surface area contributed by atoms with Crippen LogP contribution >= 0.6 is 0 Å². The monoisotopic (exact) mass is 419 g/mol. The number of hydrogen-bond donors (Lipinski definition) is 1. The first-order valence-electron chi connectivity index (χ1n) is 9.71. The van der Waals surface area contributed by atoms with Gasteiger partial charge in [0.1, 0.15) is 17.2 Å². The van der Waals surface area contributed by atoms with E-state index < -0.39 is 0 Å². The normalized spacial score (nSPS) is 13.6. The molecule has 1 amide bonds. The Hall–Kier alpha value is -4.07. The molecule has 158 valence electrons. The first-order chi connectivity index (χ1) is 15.1. The number of allylic oxidation sites excluding steroid dienone is 1. The fourth-order valence-electron chi connectivity index (χ4n) is 3.05. The van der Waals surface area contributed by atoms with Gasteiger partial charge in [0.05, 0.1) is 19.2 Å². The molecule has 31 heavy (non-hydrogen) atoms. The molecule has 1 aliphatic heterocycles. The zero-order chi connectivity index (χ0) is 21.6. The first kappa shape index (κ1) is 20.2. The van der Waals surface area contributed by atoms with Gasteiger partial charge in [0.25, 0.3) is 5.91 Å². The van der Waals surface area contributed by atoms with Crippen LogP contribution < -0.4 is 19.5 Å². The van der Waals surface area contributed by atoms with Crippen LogP contribution in [0, 0.1) is 0 Å². The first-order valence-corrected chi connectivity index (χ1v) is 9.71. The third kappa shape index (κ3) is 4.92. The molecule has 1 aromatic heterocycles. The van der Waals surface area contributed by atoms with E-state index in [-0.39, 0.29) is 24.1 Å². The summed E-state index contributed by atoms with van der Waals surface area (Å²) in [6.07, 6.45) is 5.18. The molecule has 1 aliphatic rings. The molecule has 8 heteroatoms. The minimum absolute atomic E-state index is 0.139. The highest BCUT2D eigenvalue weighted by atomic mass is 16.5. The molecule has 0 radical (unpaired) electrons. The lowest BCUT2D eigenvalue weighted by molar-refractivity contribution is -0.123. The maximum atomic E-state index is 12.6. The SMILES string of the molecule is COc1ccc(/C=C2\Oc3cc(OCC(=O)NCCn4cccn4)ccc3C2=O)cc1. The van der Waals surface area contributed by atoms with E-state index in [0.29, 0.717) is 30.2 Å². The van der Waals surface area contributed by atoms with E-state index in [4.69, 9.17) is 14.2 Å². The van der Waals surface area contributed by atoms with Gasteiger partial charge in [-0.25, -0.2) is 0 Å². The summed E-state index contributed by atoms with van der Waals surface area (Å²) in [6, 6.07) is 14.0. The van der Waals surface area contributed by atoms with Crippen molar-refractivity contribution in [2.75, 3.05) is 20.3 Å². The molecule has 8 nitrogen and oxygen atoms in total. The lowest BCUT2D eigenvalue weighted by atomic mass is 10.1. The second kappa shape index (κ2) is 9.17. The van der Waals surface area contributed by atoms with Crippen molar-refractivity contribution in [1.82, 2.24) is 15.1 Å². The number of carbonyl (C=O) groups is 2. The Balaban J connectivity index is 1.33. The zero-order valence-corrected chi connectivity index (χ0v) is 16.9. The Morgan fingerprint density at radius 3 is 2.74 bits per heavy atom. The van der Waals surface area contributed by atoms with Crippen LogP contribution in [0.3, 0.4) is 0 Å². The number of ether oxygens (including phenoxy) is 3. The number of rotatable bonds is 8. The van der Waals surface area contributed by atoms with Crippen molar-refractivity contribution in [1.29, 1.82) is 0 Å². The van der Waals surface area contributed by atoms with Crippen molar-refractivity contribution < 1.29 is 23.8 Å². The average Bonchev–Trinajstić information content (AvgIpc) is 3.41. The molecular formula is C23H21N3O5. The molecule has 4 rings (SSSR count). The molecule has 0 fully saturated rings. The third-order valence-corrected chi connectivity index (χ3v) is 4.65. The number of hydrogen-bond acceptors (Lipinski definition) is 6. The second-order valence-corrected chi connectivity index (χ2v) is 6.78. The van der Waals surface area contributed by atoms with Crippen LogP contribution in [0.2, 0.25) is 0 Å². The van der Waals surface area contributed by atoms with E-state index >= 15 is 0 Å². The lowest BCUT2D eigenvalue weighted by Crippen LogP contribution is -2.31. The Morgan fingerprint density at radius 2 is 2.00 bits per heavy atom. The lowest BCUT2D eigenvalue weighted by Gasteiger charge is -2.08. The molecule has 2 heterocycles. The molecule has 0 aliphatic carbocycles. The predicted octanol–water partition coefficient (Wildman–Crippen LogP) is 2.70. The van der Waals surface area contributed by atoms with Gasteiger partial charge in [0.2, 0.25) is 5.78 Å². The van der Waals surface area contributed by atoms with E-state index in [0.717, 1.165) is 11.3 Å². The molecule has 2 aromatic carbocycles. The van der Waals surface area contributed by atoms with E-state index in [9.17, 15) is 9.59 Å². The van der Waals surface area contributed by atoms with Crippen molar-refractivity contribution in [2.45, 2.75) is 6.54 Å². The van der Waals surface area contributed by atoms with Gasteiger partial charge in [0.15, 0.2) is 12.4 Å². The highest BCUT2D eigenvalue weighted by Crippen LogP contribution is 2.35. The van der Waals surface area contributed by atoms with Crippen molar-refractivity contribution in [2.24, 2.45) is 0 Å². The summed E-state index contributed by atoms with van der Waals surface area (Å²) in [7, 11) is 1.60. The fraction of sp³-hybridized carbons (Fsp3) is 0.174. The molecule has 0 unspecified atom stereocenters. The predicted molar refractivity (Wildman–Crippen MR) is 113 cm³/mol. The van der Waals surface area contributed by atoms with Gasteiger partial charge >= 0.3 is 0 Å². The van der Waals surface area contributed by atoms with Gasteiger partial charge in [-0.1, -0.05) is 12.1 Å². The van der Waals surface area contributed by atoms with Crippen molar-refractivity contribution in [3.8, 4) is 17.2 Å². The number of Topliss-reactive ketones (excluding diaryl/α,β-unsaturated/α-hetero) is 1. The van der Waals surface area contributed by atoms with E-state index in [1.807, 2.05) is 36.5 Å². The summed E-state index contributed by atoms with van der Waals surface area (Å²) in [6.45, 7) is 0.891. The molecule has 0 spiro atoms. The second-order valence-electron chi connectivity index (χ2n) is 6.78. The molecule has 1 N–H and O–H groups in total. The zero-order valence-electron chi connectivity index (χ0n) is 16.9. The average molecular weight is 419 g/mol. The highest BCUT2D eigenvalue weighted by molar-refractivity contribution is 6.14. The van der Waals surface area contributed by atoms with Gasteiger partial charge in [-0.3, -0.25) is 14.3 Å². The van der Waals surface area contributed by atoms with Crippen LogP contribution in [0.1, 0.15) is 15.9 Å². The number of fused-ring (bicyclic) bond motifs is 1. The van der Waals surface area contributed by atoms with E-state index in [1.165, 1.54) is 0 Å². The molecule has 0 saturated carbocycles. The Morgan fingerprint density at radius 1 is 1.19 bits per heavy atom. The Bertz CT molecular complexity index is 1100. The van der Waals surface area contributed by atoms with Crippen LogP contribution in [0.4, 0.5) is 0 Å². The minimum Gasteiger partial charge on any atom is -0.497 e. The maximum absolute atomic E-state index is 12.6. The number of methoxy groups -OCH3 is 1. The van der Waals surface area contributed by atoms with Crippen LogP contribution in [0.15, 0.2) is 66.7 Å². The number of carbonyl (C=O) groups excluding carboxylic acids is 2. The Kier molecular flexibility index (Phi) is 5.98. The van der Waals surface area contributed by atoms with Gasteiger partial charge < -0.3 is 19.5 Å². The van der Waals surface area contributed by atoms with Crippen LogP contribution in [-0.2, 0) is 11.3 Å². The molecular weight excluding hydrogens is 398 g/mol. The molecule has 0 saturated heterocycles. The smallest absolute Gasteiger partial charge is 0.258 e. The van der Waals surface area contributed by atoms with Crippen LogP contribution in [0.25, 0.3) is 6.08 Å². The summed E-state index contributed by atoms with van der Waals surface area (Å²) in [4.78, 5) is 24.5. The van der Waals surface area contributed by atoms with E-state index in [2.05, 4.69) is 10.4 Å². The third-order valence-electron chi connectivity index (χ3n) is 4.65. The summed E-state index contributed by atoms with van der Waals surface area (Å²) in [5, 5.41) is 6.83. The Labute approximate surface area is 179 Å². The largest absolute Gasteiger partial charge is 0.497 e. The topological polar surface area (TPSA) is 91.7 Å². The van der Waals surface area contributed by atoms with Gasteiger partial charge in [0, 0.05) is 25.0 Å². The number of nitrogens with zero attached hydrogens (tertiary/aromatic N) is 2. The van der Waals surface area contributed by atoms with Gasteiger partial charge in [-0.15, -0.1) is 0 Å². The summed E-state index contributed by atoms with van der Waals surface area (Å²) >= 11 is 0. The number of benzene rings is 2. The summed E-state index contributed by atoms with van der Waals surface area (Å²) < 4.78 is 18.1. The number of nitrogens with one attached hydrogen (secondary N) is 1. The number of aromatic nitrogens is 2. The van der Waals surface area contributed by atoms with Gasteiger partial charge in [-0.2, -0.15) is 5.10 Å².